The molecule has 0 aromatic carbocycles. The first-order valence-electron chi connectivity index (χ1n) is 8.43. The number of hydrogen-bond donors (Lipinski definition) is 0. The molecule has 24 heavy (non-hydrogen) atoms. The van der Waals surface area contributed by atoms with E-state index in [9.17, 15) is 0 Å². The molecule has 2 aliphatic heterocycles. The van der Waals surface area contributed by atoms with Gasteiger partial charge in [0.15, 0.2) is 0 Å². The molecule has 0 radical (unpaired) electrons. The molecular formula is C18H22N4O2. The number of aryl methyl sites for hydroxylation is 1. The zero-order valence-electron chi connectivity index (χ0n) is 13.9. The molecule has 6 nitrogen and oxygen atoms in total. The maximum absolute atomic E-state index is 6.08. The fourth-order valence-electron chi connectivity index (χ4n) is 3.54. The second-order valence-corrected chi connectivity index (χ2v) is 6.71. The van der Waals surface area contributed by atoms with Gasteiger partial charge in [0.05, 0.1) is 17.9 Å². The predicted octanol–water partition coefficient (Wildman–Crippen LogP) is 1.99. The number of nitrogens with zero attached hydrogens (tertiary/aromatic N) is 4. The van der Waals surface area contributed by atoms with Gasteiger partial charge in [-0.15, -0.1) is 0 Å². The van der Waals surface area contributed by atoms with Gasteiger partial charge in [-0.05, 0) is 25.1 Å². The lowest BCUT2D eigenvalue weighted by molar-refractivity contribution is -0.188. The van der Waals surface area contributed by atoms with Crippen LogP contribution in [0.5, 0.6) is 6.01 Å². The summed E-state index contributed by atoms with van der Waals surface area (Å²) in [6.07, 6.45) is 5.48. The highest BCUT2D eigenvalue weighted by Crippen LogP contribution is 2.35. The number of hydrogen-bond acceptors (Lipinski definition) is 6. The van der Waals surface area contributed by atoms with Crippen molar-refractivity contribution in [2.45, 2.75) is 38.0 Å². The van der Waals surface area contributed by atoms with Crippen LogP contribution in [0.4, 0.5) is 0 Å². The van der Waals surface area contributed by atoms with E-state index in [1.165, 1.54) is 0 Å². The molecule has 0 aliphatic carbocycles. The molecule has 6 heteroatoms. The Morgan fingerprint density at radius 2 is 2.17 bits per heavy atom. The molecule has 0 bridgehead atoms. The van der Waals surface area contributed by atoms with Crippen LogP contribution in [0, 0.1) is 6.92 Å². The standard InChI is InChI=1S/C18H22N4O2/c1-14-5-8-20-17(21-14)24-16-6-9-23-18(10-16)12-22(13-18)11-15-4-2-3-7-19-15/h2-5,7-8,16H,6,9-13H2,1H3. The first-order chi connectivity index (χ1) is 11.7. The SMILES string of the molecule is Cc1ccnc(OC2CCOC3(C2)CN(Cc2ccccn2)C3)n1. The quantitative estimate of drug-likeness (QED) is 0.856. The largest absolute Gasteiger partial charge is 0.460 e. The molecule has 4 rings (SSSR count). The van der Waals surface area contributed by atoms with Crippen molar-refractivity contribution in [2.75, 3.05) is 19.7 Å². The third kappa shape index (κ3) is 3.39. The van der Waals surface area contributed by atoms with Crippen molar-refractivity contribution in [1.82, 2.24) is 19.9 Å². The van der Waals surface area contributed by atoms with Crippen LogP contribution < -0.4 is 4.74 Å². The molecule has 2 aromatic rings. The summed E-state index contributed by atoms with van der Waals surface area (Å²) in [5.41, 5.74) is 1.94. The van der Waals surface area contributed by atoms with Gasteiger partial charge in [0.25, 0.3) is 0 Å². The summed E-state index contributed by atoms with van der Waals surface area (Å²) >= 11 is 0. The summed E-state index contributed by atoms with van der Waals surface area (Å²) < 4.78 is 12.1. The zero-order chi connectivity index (χ0) is 16.4. The summed E-state index contributed by atoms with van der Waals surface area (Å²) in [6.45, 7) is 5.41. The number of rotatable bonds is 4. The highest BCUT2D eigenvalue weighted by molar-refractivity contribution is 5.09. The van der Waals surface area contributed by atoms with Crippen LogP contribution in [-0.4, -0.2) is 51.3 Å². The Balaban J connectivity index is 1.33. The molecule has 2 aliphatic rings. The molecule has 4 heterocycles. The van der Waals surface area contributed by atoms with Gasteiger partial charge in [-0.3, -0.25) is 9.88 Å². The average Bonchev–Trinajstić information content (AvgIpc) is 2.55. The first kappa shape index (κ1) is 15.5. The Morgan fingerprint density at radius 1 is 1.25 bits per heavy atom. The van der Waals surface area contributed by atoms with E-state index in [1.807, 2.05) is 31.3 Å². The Kier molecular flexibility index (Phi) is 4.16. The lowest BCUT2D eigenvalue weighted by Gasteiger charge is -2.52. The fraction of sp³-hybridized carbons (Fsp3) is 0.500. The maximum Gasteiger partial charge on any atom is 0.316 e. The van der Waals surface area contributed by atoms with Crippen LogP contribution in [0.15, 0.2) is 36.7 Å². The Bertz CT molecular complexity index is 688. The van der Waals surface area contributed by atoms with Crippen LogP contribution in [0.3, 0.4) is 0 Å². The molecule has 1 spiro atoms. The van der Waals surface area contributed by atoms with E-state index in [0.29, 0.717) is 6.01 Å². The predicted molar refractivity (Wildman–Crippen MR) is 88.6 cm³/mol. The molecule has 1 atom stereocenters. The third-order valence-electron chi connectivity index (χ3n) is 4.63. The average molecular weight is 326 g/mol. The molecule has 2 aromatic heterocycles. The van der Waals surface area contributed by atoms with Crippen molar-refractivity contribution < 1.29 is 9.47 Å². The number of likely N-dealkylation sites (tertiary alicyclic amines) is 1. The van der Waals surface area contributed by atoms with E-state index in [2.05, 4.69) is 25.9 Å². The van der Waals surface area contributed by atoms with Crippen LogP contribution in [-0.2, 0) is 11.3 Å². The molecule has 126 valence electrons. The van der Waals surface area contributed by atoms with Crippen molar-refractivity contribution in [3.63, 3.8) is 0 Å². The minimum Gasteiger partial charge on any atom is -0.460 e. The summed E-state index contributed by atoms with van der Waals surface area (Å²) in [5.74, 6) is 0. The molecule has 1 unspecified atom stereocenters. The van der Waals surface area contributed by atoms with Crippen molar-refractivity contribution in [2.24, 2.45) is 0 Å². The molecule has 0 N–H and O–H groups in total. The lowest BCUT2D eigenvalue weighted by atomic mass is 9.84. The second-order valence-electron chi connectivity index (χ2n) is 6.71. The van der Waals surface area contributed by atoms with Crippen LogP contribution in [0.25, 0.3) is 0 Å². The molecule has 2 fully saturated rings. The van der Waals surface area contributed by atoms with Crippen molar-refractivity contribution in [3.8, 4) is 6.01 Å². The van der Waals surface area contributed by atoms with Gasteiger partial charge in [0, 0.05) is 50.6 Å². The second kappa shape index (κ2) is 6.45. The van der Waals surface area contributed by atoms with Gasteiger partial charge < -0.3 is 9.47 Å². The summed E-state index contributed by atoms with van der Waals surface area (Å²) in [6, 6.07) is 8.39. The molecule has 0 saturated carbocycles. The highest BCUT2D eigenvalue weighted by atomic mass is 16.5. The van der Waals surface area contributed by atoms with E-state index in [4.69, 9.17) is 9.47 Å². The Hall–Kier alpha value is -2.05. The minimum atomic E-state index is -0.0818. The molecular weight excluding hydrogens is 304 g/mol. The third-order valence-corrected chi connectivity index (χ3v) is 4.63. The van der Waals surface area contributed by atoms with Crippen molar-refractivity contribution in [1.29, 1.82) is 0 Å². The zero-order valence-corrected chi connectivity index (χ0v) is 13.9. The van der Waals surface area contributed by atoms with Gasteiger partial charge in [-0.2, -0.15) is 0 Å². The normalized spacial score (nSPS) is 23.0. The lowest BCUT2D eigenvalue weighted by Crippen LogP contribution is -2.65. The monoisotopic (exact) mass is 326 g/mol. The minimum absolute atomic E-state index is 0.0818. The van der Waals surface area contributed by atoms with Crippen LogP contribution >= 0.6 is 0 Å². The van der Waals surface area contributed by atoms with E-state index in [1.54, 1.807) is 6.20 Å². The van der Waals surface area contributed by atoms with Gasteiger partial charge in [0.1, 0.15) is 6.10 Å². The Labute approximate surface area is 141 Å². The topological polar surface area (TPSA) is 60.4 Å². The Morgan fingerprint density at radius 3 is 2.96 bits per heavy atom. The molecule has 0 amide bonds. The summed E-state index contributed by atoms with van der Waals surface area (Å²) in [4.78, 5) is 15.3. The molecule has 2 saturated heterocycles. The smallest absolute Gasteiger partial charge is 0.316 e. The fourth-order valence-corrected chi connectivity index (χ4v) is 3.54. The van der Waals surface area contributed by atoms with Gasteiger partial charge >= 0.3 is 6.01 Å². The van der Waals surface area contributed by atoms with Crippen molar-refractivity contribution in [3.05, 3.63) is 48.0 Å². The van der Waals surface area contributed by atoms with Gasteiger partial charge in [-0.1, -0.05) is 6.07 Å². The summed E-state index contributed by atoms with van der Waals surface area (Å²) in [5, 5.41) is 0. The number of ether oxygens (including phenoxy) is 2. The highest BCUT2D eigenvalue weighted by Gasteiger charge is 2.48. The number of pyridine rings is 1. The van der Waals surface area contributed by atoms with Crippen LogP contribution in [0.1, 0.15) is 24.2 Å². The number of aromatic nitrogens is 3. The van der Waals surface area contributed by atoms with Crippen molar-refractivity contribution >= 4 is 0 Å². The summed E-state index contributed by atoms with van der Waals surface area (Å²) in [7, 11) is 0. The van der Waals surface area contributed by atoms with Gasteiger partial charge in [0.2, 0.25) is 0 Å². The van der Waals surface area contributed by atoms with Crippen LogP contribution in [0.2, 0.25) is 0 Å². The van der Waals surface area contributed by atoms with E-state index in [-0.39, 0.29) is 11.7 Å². The van der Waals surface area contributed by atoms with E-state index >= 15 is 0 Å². The first-order valence-corrected chi connectivity index (χ1v) is 8.43. The van der Waals surface area contributed by atoms with E-state index < -0.39 is 0 Å². The maximum atomic E-state index is 6.08. The van der Waals surface area contributed by atoms with Gasteiger partial charge in [-0.25, -0.2) is 9.97 Å². The van der Waals surface area contributed by atoms with E-state index in [0.717, 1.165) is 50.5 Å².